The van der Waals surface area contributed by atoms with Crippen LogP contribution < -0.4 is 10.6 Å². The number of carbonyl (C=O) groups excluding carboxylic acids is 1. The Labute approximate surface area is 185 Å². The van der Waals surface area contributed by atoms with Gasteiger partial charge in [-0.05, 0) is 67.6 Å². The minimum absolute atomic E-state index is 0.0642. The highest BCUT2D eigenvalue weighted by molar-refractivity contribution is 6.02. The van der Waals surface area contributed by atoms with Gasteiger partial charge in [-0.15, -0.1) is 0 Å². The minimum atomic E-state index is -0.404. The zero-order chi connectivity index (χ0) is 22.2. The Morgan fingerprint density at radius 2 is 1.84 bits per heavy atom. The third kappa shape index (κ3) is 4.21. The van der Waals surface area contributed by atoms with Gasteiger partial charge in [0.2, 0.25) is 5.91 Å². The van der Waals surface area contributed by atoms with Crippen LogP contribution >= 0.6 is 0 Å². The number of fused-ring (bicyclic) bond motifs is 1. The number of aromatic amines is 1. The lowest BCUT2D eigenvalue weighted by atomic mass is 9.92. The van der Waals surface area contributed by atoms with E-state index in [2.05, 4.69) is 86.6 Å². The van der Waals surface area contributed by atoms with Crippen molar-refractivity contribution < 1.29 is 4.79 Å². The van der Waals surface area contributed by atoms with Crippen molar-refractivity contribution in [2.24, 2.45) is 0 Å². The Kier molecular flexibility index (Phi) is 5.59. The van der Waals surface area contributed by atoms with E-state index in [9.17, 15) is 4.79 Å². The molecule has 0 aliphatic heterocycles. The third-order valence-corrected chi connectivity index (χ3v) is 6.42. The van der Waals surface area contributed by atoms with Crippen LogP contribution in [0.5, 0.6) is 0 Å². The van der Waals surface area contributed by atoms with E-state index in [4.69, 9.17) is 0 Å². The molecule has 31 heavy (non-hydrogen) atoms. The molecule has 2 aromatic carbocycles. The number of hydrogen-bond acceptors (Lipinski definition) is 2. The van der Waals surface area contributed by atoms with Crippen LogP contribution in [-0.4, -0.2) is 17.4 Å². The molecule has 0 radical (unpaired) electrons. The highest BCUT2D eigenvalue weighted by atomic mass is 16.2. The molecule has 0 saturated heterocycles. The summed E-state index contributed by atoms with van der Waals surface area (Å²) in [7, 11) is 0. The quantitative estimate of drug-likeness (QED) is 0.410. The first kappa shape index (κ1) is 21.5. The molecule has 164 valence electrons. The van der Waals surface area contributed by atoms with Crippen molar-refractivity contribution in [3.8, 4) is 0 Å². The number of nitrogens with one attached hydrogen (secondary N) is 3. The van der Waals surface area contributed by atoms with Crippen molar-refractivity contribution in [1.82, 2.24) is 4.98 Å². The van der Waals surface area contributed by atoms with E-state index < -0.39 is 5.41 Å². The van der Waals surface area contributed by atoms with Gasteiger partial charge in [0.15, 0.2) is 0 Å². The average molecular weight is 418 g/mol. The van der Waals surface area contributed by atoms with Crippen LogP contribution in [0.1, 0.15) is 70.7 Å². The fourth-order valence-corrected chi connectivity index (χ4v) is 4.35. The Balaban J connectivity index is 1.57. The summed E-state index contributed by atoms with van der Waals surface area (Å²) in [6.45, 7) is 11.8. The second-order valence-corrected chi connectivity index (χ2v) is 9.92. The predicted molar refractivity (Wildman–Crippen MR) is 131 cm³/mol. The molecule has 4 nitrogen and oxygen atoms in total. The first-order chi connectivity index (χ1) is 14.8. The molecule has 0 atom stereocenters. The smallest absolute Gasteiger partial charge is 0.235 e. The summed E-state index contributed by atoms with van der Waals surface area (Å²) >= 11 is 0. The number of hydrogen-bond donors (Lipinski definition) is 3. The van der Waals surface area contributed by atoms with Crippen molar-refractivity contribution >= 4 is 28.2 Å². The van der Waals surface area contributed by atoms with Gasteiger partial charge in [-0.25, -0.2) is 0 Å². The van der Waals surface area contributed by atoms with Crippen LogP contribution in [-0.2, 0) is 22.0 Å². The number of H-pyrrole nitrogens is 1. The van der Waals surface area contributed by atoms with Gasteiger partial charge in [-0.3, -0.25) is 4.79 Å². The summed E-state index contributed by atoms with van der Waals surface area (Å²) in [6.07, 6.45) is 3.97. The summed E-state index contributed by atoms with van der Waals surface area (Å²) in [6, 6.07) is 14.9. The van der Waals surface area contributed by atoms with Gasteiger partial charge in [-0.2, -0.15) is 0 Å². The Bertz CT molecular complexity index is 1100. The number of aromatic nitrogens is 1. The average Bonchev–Trinajstić information content (AvgIpc) is 3.42. The lowest BCUT2D eigenvalue weighted by Gasteiger charge is -2.19. The van der Waals surface area contributed by atoms with Gasteiger partial charge in [0, 0.05) is 39.9 Å². The molecule has 0 unspecified atom stereocenters. The van der Waals surface area contributed by atoms with Gasteiger partial charge in [0.25, 0.3) is 0 Å². The van der Waals surface area contributed by atoms with Gasteiger partial charge in [-0.1, -0.05) is 46.2 Å². The molecule has 1 saturated carbocycles. The highest BCUT2D eigenvalue weighted by Gasteiger charge is 2.51. The molecule has 3 aromatic rings. The Hall–Kier alpha value is -2.75. The van der Waals surface area contributed by atoms with Gasteiger partial charge in [0.1, 0.15) is 0 Å². The van der Waals surface area contributed by atoms with E-state index >= 15 is 0 Å². The van der Waals surface area contributed by atoms with Crippen LogP contribution in [0, 0.1) is 0 Å². The van der Waals surface area contributed by atoms with Crippen LogP contribution in [0.25, 0.3) is 10.9 Å². The zero-order valence-electron chi connectivity index (χ0n) is 19.5. The summed E-state index contributed by atoms with van der Waals surface area (Å²) in [5.41, 5.74) is 6.45. The highest BCUT2D eigenvalue weighted by Crippen LogP contribution is 2.50. The van der Waals surface area contributed by atoms with E-state index in [1.54, 1.807) is 0 Å². The maximum Gasteiger partial charge on any atom is 0.235 e. The number of anilines is 2. The first-order valence-corrected chi connectivity index (χ1v) is 11.6. The van der Waals surface area contributed by atoms with Crippen molar-refractivity contribution in [3.63, 3.8) is 0 Å². The van der Waals surface area contributed by atoms with Gasteiger partial charge in [0.05, 0.1) is 5.41 Å². The fourth-order valence-electron chi connectivity index (χ4n) is 4.35. The number of benzene rings is 2. The first-order valence-electron chi connectivity index (χ1n) is 11.6. The molecule has 1 fully saturated rings. The van der Waals surface area contributed by atoms with Crippen molar-refractivity contribution in [3.05, 3.63) is 59.3 Å². The van der Waals surface area contributed by atoms with Crippen molar-refractivity contribution in [2.45, 2.75) is 71.1 Å². The third-order valence-electron chi connectivity index (χ3n) is 6.42. The standard InChI is InChI=1S/C27H35N3O/c1-6-8-18-9-10-20(17-23(18)28-7-2)27(13-14-27)25(31)29-21-11-12-22-19(15-21)16-24(30-22)26(3,4)5/h9-12,15-17,28,30H,6-8,13-14H2,1-5H3,(H,29,31). The summed E-state index contributed by atoms with van der Waals surface area (Å²) < 4.78 is 0. The lowest BCUT2D eigenvalue weighted by Crippen LogP contribution is -2.28. The van der Waals surface area contributed by atoms with Crippen molar-refractivity contribution in [1.29, 1.82) is 0 Å². The summed E-state index contributed by atoms with van der Waals surface area (Å²) in [5.74, 6) is 0.101. The molecule has 4 heteroatoms. The molecule has 1 amide bonds. The normalized spacial score (nSPS) is 15.1. The van der Waals surface area contributed by atoms with E-state index in [0.29, 0.717) is 0 Å². The summed E-state index contributed by atoms with van der Waals surface area (Å²) in [4.78, 5) is 16.8. The largest absolute Gasteiger partial charge is 0.385 e. The second-order valence-electron chi connectivity index (χ2n) is 9.92. The SMILES string of the molecule is CCCc1ccc(C2(C(=O)Nc3ccc4[nH]c(C(C)(C)C)cc4c3)CC2)cc1NCC. The number of carbonyl (C=O) groups is 1. The minimum Gasteiger partial charge on any atom is -0.385 e. The second kappa shape index (κ2) is 8.07. The molecule has 3 N–H and O–H groups in total. The Morgan fingerprint density at radius 3 is 2.48 bits per heavy atom. The molecule has 0 bridgehead atoms. The molecular weight excluding hydrogens is 382 g/mol. The molecule has 1 aliphatic carbocycles. The van der Waals surface area contributed by atoms with Gasteiger partial charge < -0.3 is 15.6 Å². The summed E-state index contributed by atoms with van der Waals surface area (Å²) in [5, 5.41) is 7.82. The van der Waals surface area contributed by atoms with Crippen LogP contribution in [0.2, 0.25) is 0 Å². The fraction of sp³-hybridized carbons (Fsp3) is 0.444. The zero-order valence-corrected chi connectivity index (χ0v) is 19.5. The maximum atomic E-state index is 13.3. The molecule has 1 aliphatic rings. The molecule has 1 heterocycles. The molecular formula is C27H35N3O. The lowest BCUT2D eigenvalue weighted by molar-refractivity contribution is -0.118. The van der Waals surface area contributed by atoms with Crippen molar-refractivity contribution in [2.75, 3.05) is 17.2 Å². The van der Waals surface area contributed by atoms with Gasteiger partial charge >= 0.3 is 0 Å². The van der Waals surface area contributed by atoms with E-state index in [-0.39, 0.29) is 11.3 Å². The number of rotatable bonds is 7. The van der Waals surface area contributed by atoms with E-state index in [0.717, 1.165) is 54.4 Å². The Morgan fingerprint density at radius 1 is 1.06 bits per heavy atom. The van der Waals surface area contributed by atoms with Crippen LogP contribution in [0.15, 0.2) is 42.5 Å². The van der Waals surface area contributed by atoms with E-state index in [1.165, 1.54) is 16.9 Å². The van der Waals surface area contributed by atoms with Crippen LogP contribution in [0.3, 0.4) is 0 Å². The van der Waals surface area contributed by atoms with Crippen LogP contribution in [0.4, 0.5) is 11.4 Å². The number of amides is 1. The predicted octanol–water partition coefficient (Wildman–Crippen LogP) is 6.52. The molecule has 0 spiro atoms. The monoisotopic (exact) mass is 417 g/mol. The molecule has 1 aromatic heterocycles. The maximum absolute atomic E-state index is 13.3. The number of aryl methyl sites for hydroxylation is 1. The topological polar surface area (TPSA) is 56.9 Å². The molecule has 4 rings (SSSR count). The van der Waals surface area contributed by atoms with E-state index in [1.807, 2.05) is 6.07 Å².